The third-order valence-corrected chi connectivity index (χ3v) is 16.8. The number of H-pyrrole nitrogens is 1. The smallest absolute Gasteiger partial charge is 0.348 e. The van der Waals surface area contributed by atoms with Gasteiger partial charge in [0, 0.05) is 139 Å². The zero-order chi connectivity index (χ0) is 55.6. The van der Waals surface area contributed by atoms with Gasteiger partial charge in [-0.3, -0.25) is 24.9 Å². The lowest BCUT2D eigenvalue weighted by molar-refractivity contribution is -0.462. The van der Waals surface area contributed by atoms with Gasteiger partial charge in [0.15, 0.2) is 0 Å². The highest BCUT2D eigenvalue weighted by molar-refractivity contribution is 6.01. The summed E-state index contributed by atoms with van der Waals surface area (Å²) in [5.41, 5.74) is 17.1. The molecule has 5 aliphatic rings. The number of aliphatic imine (C=N–C) groups is 3. The van der Waals surface area contributed by atoms with Crippen LogP contribution in [0.5, 0.6) is 0 Å². The molecule has 418 valence electrons. The monoisotopic (exact) mass is 1080 g/mol. The number of carbonyl (C=O) groups excluding carboxylic acids is 2. The SMILES string of the molecule is CN(C(=O)c1ccc(N=C(N)/N=C2\[NH2+]C=CC=C2N2CCC(O)(c3ccncc3)CC2)cc1)C1CCN(CCN2CCC(N(C)C(=O)c3ccc(N/C(N)=N/c4[nH+]cccc4N4CCC(O)(c5cccnc5)CC4)cc3)CC2)CC1. The van der Waals surface area contributed by atoms with Crippen molar-refractivity contribution in [3.8, 4) is 0 Å². The minimum Gasteiger partial charge on any atom is -0.385 e. The highest BCUT2D eigenvalue weighted by Crippen LogP contribution is 2.37. The van der Waals surface area contributed by atoms with Gasteiger partial charge >= 0.3 is 11.8 Å². The van der Waals surface area contributed by atoms with Crippen LogP contribution < -0.4 is 32.0 Å². The van der Waals surface area contributed by atoms with Gasteiger partial charge in [0.05, 0.1) is 29.3 Å². The number of piperidine rings is 4. The summed E-state index contributed by atoms with van der Waals surface area (Å²) < 4.78 is 0. The fourth-order valence-electron chi connectivity index (χ4n) is 11.7. The highest BCUT2D eigenvalue weighted by Gasteiger charge is 2.38. The van der Waals surface area contributed by atoms with Crippen molar-refractivity contribution in [3.05, 3.63) is 162 Å². The molecule has 4 saturated heterocycles. The Morgan fingerprint density at radius 2 is 1.27 bits per heavy atom. The third-order valence-electron chi connectivity index (χ3n) is 16.8. The zero-order valence-corrected chi connectivity index (χ0v) is 45.9. The number of aromatic nitrogens is 3. The average molecular weight is 1090 g/mol. The van der Waals surface area contributed by atoms with Crippen molar-refractivity contribution in [3.63, 3.8) is 0 Å². The van der Waals surface area contributed by atoms with Crippen LogP contribution in [-0.2, 0) is 11.2 Å². The highest BCUT2D eigenvalue weighted by atomic mass is 16.3. The number of hydrogen-bond acceptors (Lipinski definition) is 12. The minimum absolute atomic E-state index is 0.00618. The van der Waals surface area contributed by atoms with Crippen molar-refractivity contribution in [2.75, 3.05) is 89.8 Å². The first-order valence-corrected chi connectivity index (χ1v) is 28.0. The number of aromatic amines is 1. The van der Waals surface area contributed by atoms with Crippen molar-refractivity contribution in [1.82, 2.24) is 34.5 Å². The maximum absolute atomic E-state index is 13.7. The first kappa shape index (κ1) is 55.4. The van der Waals surface area contributed by atoms with E-state index in [9.17, 15) is 19.8 Å². The minimum atomic E-state index is -0.919. The van der Waals surface area contributed by atoms with Crippen molar-refractivity contribution >= 4 is 52.4 Å². The van der Waals surface area contributed by atoms with Crippen molar-refractivity contribution in [1.29, 1.82) is 0 Å². The number of quaternary nitrogens is 1. The molecule has 2 aromatic carbocycles. The number of carbonyl (C=O) groups is 2. The Kier molecular flexibility index (Phi) is 17.4. The molecule has 10 N–H and O–H groups in total. The lowest BCUT2D eigenvalue weighted by Gasteiger charge is -2.40. The number of pyridine rings is 3. The summed E-state index contributed by atoms with van der Waals surface area (Å²) in [6.45, 7) is 8.28. The fraction of sp³-hybridized carbons (Fsp3) is 0.400. The second kappa shape index (κ2) is 25.1. The van der Waals surface area contributed by atoms with Crippen molar-refractivity contribution in [2.24, 2.45) is 26.4 Å². The number of amidine groups is 1. The number of aliphatic hydroxyl groups is 2. The Labute approximate surface area is 468 Å². The second-order valence-corrected chi connectivity index (χ2v) is 21.7. The van der Waals surface area contributed by atoms with Crippen LogP contribution in [-0.4, -0.2) is 166 Å². The molecule has 0 unspecified atom stereocenters. The third kappa shape index (κ3) is 13.2. The van der Waals surface area contributed by atoms with E-state index in [1.807, 2.05) is 114 Å². The Morgan fingerprint density at radius 1 is 0.700 bits per heavy atom. The Morgan fingerprint density at radius 3 is 1.86 bits per heavy atom. The number of hydrogen-bond donors (Lipinski definition) is 6. The number of guanidine groups is 2. The zero-order valence-electron chi connectivity index (χ0n) is 45.9. The molecule has 80 heavy (non-hydrogen) atoms. The topological polar surface area (TPSA) is 252 Å². The Bertz CT molecular complexity index is 3070. The summed E-state index contributed by atoms with van der Waals surface area (Å²) in [6.07, 6.45) is 20.5. The van der Waals surface area contributed by atoms with E-state index in [1.165, 1.54) is 0 Å². The molecule has 2 amide bonds. The van der Waals surface area contributed by atoms with Gasteiger partial charge in [-0.1, -0.05) is 6.07 Å². The predicted octanol–water partition coefficient (Wildman–Crippen LogP) is 3.91. The number of amides is 2. The summed E-state index contributed by atoms with van der Waals surface area (Å²) in [4.78, 5) is 66.0. The number of benzene rings is 2. The van der Waals surface area contributed by atoms with Gasteiger partial charge < -0.3 is 56.4 Å². The molecular weight excluding hydrogens is 1010 g/mol. The maximum Gasteiger partial charge on any atom is 0.348 e. The molecule has 0 saturated carbocycles. The van der Waals surface area contributed by atoms with Crippen molar-refractivity contribution < 1.29 is 30.1 Å². The molecule has 0 radical (unpaired) electrons. The number of nitrogens with two attached hydrogens (primary N) is 3. The van der Waals surface area contributed by atoms with Gasteiger partial charge in [0.25, 0.3) is 17.6 Å². The summed E-state index contributed by atoms with van der Waals surface area (Å²) in [5.74, 6) is 1.62. The summed E-state index contributed by atoms with van der Waals surface area (Å²) >= 11 is 0. The molecule has 10 rings (SSSR count). The molecule has 20 heteroatoms. The lowest BCUT2D eigenvalue weighted by Crippen LogP contribution is -2.84. The summed E-state index contributed by atoms with van der Waals surface area (Å²) in [6, 6.07) is 26.3. The van der Waals surface area contributed by atoms with E-state index >= 15 is 0 Å². The van der Waals surface area contributed by atoms with E-state index in [4.69, 9.17) is 11.5 Å². The van der Waals surface area contributed by atoms with Gasteiger partial charge in [0.2, 0.25) is 5.96 Å². The Hall–Kier alpha value is -7.88. The van der Waals surface area contributed by atoms with Crippen LogP contribution in [0.2, 0.25) is 0 Å². The molecular formula is C60H76N16O4+2. The molecule has 5 aromatic rings. The average Bonchev–Trinajstić information content (AvgIpc) is 3.64. The molecule has 0 atom stereocenters. The van der Waals surface area contributed by atoms with Gasteiger partial charge in [-0.2, -0.15) is 4.99 Å². The van der Waals surface area contributed by atoms with Crippen LogP contribution in [0.15, 0.2) is 155 Å². The number of nitrogens with zero attached hydrogens (tertiary/aromatic N) is 11. The van der Waals surface area contributed by atoms with E-state index in [0.29, 0.717) is 80.3 Å². The predicted molar refractivity (Wildman–Crippen MR) is 310 cm³/mol. The number of allylic oxidation sites excluding steroid dienone is 2. The van der Waals surface area contributed by atoms with E-state index in [1.54, 1.807) is 49.1 Å². The van der Waals surface area contributed by atoms with Crippen LogP contribution in [0.25, 0.3) is 0 Å². The molecule has 0 bridgehead atoms. The molecule has 20 nitrogen and oxygen atoms in total. The molecule has 8 heterocycles. The van der Waals surface area contributed by atoms with Crippen LogP contribution in [0.1, 0.15) is 83.2 Å². The normalized spacial score (nSPS) is 20.1. The second-order valence-electron chi connectivity index (χ2n) is 21.7. The Balaban J connectivity index is 0.627. The van der Waals surface area contributed by atoms with Gasteiger partial charge in [0.1, 0.15) is 11.4 Å². The summed E-state index contributed by atoms with van der Waals surface area (Å²) in [5, 5.41) is 27.8. The number of likely N-dealkylation sites (tertiary alicyclic amines) is 3. The molecule has 0 spiro atoms. The largest absolute Gasteiger partial charge is 0.385 e. The van der Waals surface area contributed by atoms with Crippen LogP contribution in [0.3, 0.4) is 0 Å². The quantitative estimate of drug-likeness (QED) is 0.0683. The van der Waals surface area contributed by atoms with Gasteiger partial charge in [-0.25, -0.2) is 9.98 Å². The first-order chi connectivity index (χ1) is 38.8. The van der Waals surface area contributed by atoms with Crippen molar-refractivity contribution in [2.45, 2.75) is 74.7 Å². The molecule has 4 fully saturated rings. The maximum atomic E-state index is 13.7. The standard InChI is InChI=1S/C60H74N16O4/c1-71(55(77)43-9-13-47(14-10-43)67-57(61)69-53-51(7-4-28-65-53)75-36-23-59(79,24-37-75)45-17-30-63-31-18-45)49-19-32-73(33-20-49)40-41-74-34-21-50(22-35-74)72(2)56(78)44-11-15-48(16-12-44)68-58(62)70-54-52(8-5-29-66-54)76-38-25-60(80,26-39-76)46-6-3-27-64-42-46/h3-18,27-31,42,49-50,79-80H,19-26,32-41H2,1-2H3,(H3,61,65,67,69)(H3,62,66,68,70)/p+2. The van der Waals surface area contributed by atoms with Crippen LogP contribution in [0.4, 0.5) is 22.9 Å². The number of anilines is 2. The van der Waals surface area contributed by atoms with E-state index < -0.39 is 11.2 Å². The first-order valence-electron chi connectivity index (χ1n) is 28.0. The van der Waals surface area contributed by atoms with Crippen LogP contribution in [0, 0.1) is 0 Å². The van der Waals surface area contributed by atoms with Gasteiger partial charge in [-0.05, 0) is 153 Å². The number of nitrogens with one attached hydrogen (secondary N) is 2. The molecule has 5 aliphatic heterocycles. The van der Waals surface area contributed by atoms with Crippen LogP contribution >= 0.6 is 0 Å². The van der Waals surface area contributed by atoms with E-state index in [-0.39, 0.29) is 35.8 Å². The molecule has 3 aromatic heterocycles. The van der Waals surface area contributed by atoms with E-state index in [2.05, 4.69) is 54.8 Å². The van der Waals surface area contributed by atoms with Gasteiger partial charge in [-0.15, -0.1) is 0 Å². The summed E-state index contributed by atoms with van der Waals surface area (Å²) in [7, 11) is 3.81. The van der Waals surface area contributed by atoms with E-state index in [0.717, 1.165) is 93.2 Å². The fourth-order valence-corrected chi connectivity index (χ4v) is 11.7. The molecule has 0 aliphatic carbocycles. The number of rotatable bonds is 14. The lowest BCUT2D eigenvalue weighted by atomic mass is 9.84.